The number of hydrogen-bond donors (Lipinski definition) is 3. The van der Waals surface area contributed by atoms with Gasteiger partial charge in [-0.25, -0.2) is 4.79 Å². The van der Waals surface area contributed by atoms with Crippen molar-refractivity contribution in [2.75, 3.05) is 6.54 Å². The van der Waals surface area contributed by atoms with Crippen LogP contribution in [-0.2, 0) is 17.3 Å². The van der Waals surface area contributed by atoms with E-state index >= 15 is 0 Å². The normalized spacial score (nSPS) is 13.9. The van der Waals surface area contributed by atoms with Crippen LogP contribution in [0.3, 0.4) is 0 Å². The highest BCUT2D eigenvalue weighted by molar-refractivity contribution is 5.67. The Morgan fingerprint density at radius 1 is 1.48 bits per heavy atom. The van der Waals surface area contributed by atoms with E-state index in [2.05, 4.69) is 15.5 Å². The van der Waals surface area contributed by atoms with E-state index in [0.29, 0.717) is 0 Å². The van der Waals surface area contributed by atoms with Crippen molar-refractivity contribution in [1.82, 2.24) is 15.5 Å². The molecule has 0 spiro atoms. The zero-order valence-corrected chi connectivity index (χ0v) is 12.0. The van der Waals surface area contributed by atoms with Crippen molar-refractivity contribution in [3.8, 4) is 0 Å². The SMILES string of the molecule is CC(C)(C)OC(=O)NCC(N)Cc1cc(C(F)(F)F)n[nH]1. The van der Waals surface area contributed by atoms with Gasteiger partial charge >= 0.3 is 12.3 Å². The van der Waals surface area contributed by atoms with Gasteiger partial charge in [0.25, 0.3) is 0 Å². The van der Waals surface area contributed by atoms with Crippen LogP contribution in [0.5, 0.6) is 0 Å². The standard InChI is InChI=1S/C12H19F3N4O2/c1-11(2,3)21-10(20)17-6-7(16)4-8-5-9(19-18-8)12(13,14)15/h5,7H,4,6,16H2,1-3H3,(H,17,20)(H,18,19). The van der Waals surface area contributed by atoms with Gasteiger partial charge in [-0.1, -0.05) is 0 Å². The lowest BCUT2D eigenvalue weighted by atomic mass is 10.1. The molecule has 1 rings (SSSR count). The number of amides is 1. The van der Waals surface area contributed by atoms with Crippen molar-refractivity contribution in [3.05, 3.63) is 17.5 Å². The van der Waals surface area contributed by atoms with Gasteiger partial charge in [-0.3, -0.25) is 5.10 Å². The molecule has 1 unspecified atom stereocenters. The molecule has 1 heterocycles. The molecular formula is C12H19F3N4O2. The second-order valence-electron chi connectivity index (χ2n) is 5.62. The number of carbonyl (C=O) groups excluding carboxylic acids is 1. The fraction of sp³-hybridized carbons (Fsp3) is 0.667. The highest BCUT2D eigenvalue weighted by Crippen LogP contribution is 2.27. The van der Waals surface area contributed by atoms with Crippen LogP contribution in [-0.4, -0.2) is 34.5 Å². The second-order valence-corrected chi connectivity index (χ2v) is 5.62. The van der Waals surface area contributed by atoms with Gasteiger partial charge in [0.15, 0.2) is 5.69 Å². The van der Waals surface area contributed by atoms with Crippen molar-refractivity contribution in [2.45, 2.75) is 45.0 Å². The highest BCUT2D eigenvalue weighted by Gasteiger charge is 2.33. The number of nitrogens with zero attached hydrogens (tertiary/aromatic N) is 1. The van der Waals surface area contributed by atoms with Crippen molar-refractivity contribution in [1.29, 1.82) is 0 Å². The number of halogens is 3. The van der Waals surface area contributed by atoms with Crippen molar-refractivity contribution in [3.63, 3.8) is 0 Å². The molecule has 1 amide bonds. The topological polar surface area (TPSA) is 93.0 Å². The zero-order valence-electron chi connectivity index (χ0n) is 12.0. The van der Waals surface area contributed by atoms with Gasteiger partial charge in [-0.15, -0.1) is 0 Å². The minimum Gasteiger partial charge on any atom is -0.444 e. The molecule has 1 aromatic heterocycles. The summed E-state index contributed by atoms with van der Waals surface area (Å²) in [5.74, 6) is 0. The van der Waals surface area contributed by atoms with Gasteiger partial charge < -0.3 is 15.8 Å². The summed E-state index contributed by atoms with van der Waals surface area (Å²) in [5, 5.41) is 7.90. The van der Waals surface area contributed by atoms with Gasteiger partial charge in [-0.05, 0) is 26.8 Å². The lowest BCUT2D eigenvalue weighted by Crippen LogP contribution is -2.41. The molecule has 0 fully saturated rings. The number of carbonyl (C=O) groups is 1. The maximum absolute atomic E-state index is 12.4. The predicted octanol–water partition coefficient (Wildman–Crippen LogP) is 1.82. The molecule has 0 aliphatic rings. The first-order chi connectivity index (χ1) is 9.47. The van der Waals surface area contributed by atoms with E-state index in [9.17, 15) is 18.0 Å². The third kappa shape index (κ3) is 6.48. The number of nitrogens with one attached hydrogen (secondary N) is 2. The van der Waals surface area contributed by atoms with Crippen molar-refractivity contribution < 1.29 is 22.7 Å². The molecule has 0 aliphatic carbocycles. The second kappa shape index (κ2) is 6.33. The Labute approximate surface area is 120 Å². The highest BCUT2D eigenvalue weighted by atomic mass is 19.4. The zero-order chi connectivity index (χ0) is 16.3. The molecule has 0 radical (unpaired) electrons. The monoisotopic (exact) mass is 308 g/mol. The molecule has 120 valence electrons. The van der Waals surface area contributed by atoms with Gasteiger partial charge in [0.1, 0.15) is 5.60 Å². The lowest BCUT2D eigenvalue weighted by Gasteiger charge is -2.20. The maximum atomic E-state index is 12.4. The van der Waals surface area contributed by atoms with E-state index in [-0.39, 0.29) is 18.7 Å². The van der Waals surface area contributed by atoms with Crippen LogP contribution in [0.2, 0.25) is 0 Å². The van der Waals surface area contributed by atoms with Gasteiger partial charge in [0.05, 0.1) is 0 Å². The summed E-state index contributed by atoms with van der Waals surface area (Å²) in [7, 11) is 0. The average Bonchev–Trinajstić information content (AvgIpc) is 2.72. The molecule has 1 aromatic rings. The Morgan fingerprint density at radius 2 is 2.10 bits per heavy atom. The molecule has 0 aliphatic heterocycles. The minimum absolute atomic E-state index is 0.0787. The number of aromatic amines is 1. The van der Waals surface area contributed by atoms with E-state index in [1.54, 1.807) is 20.8 Å². The Kier molecular flexibility index (Phi) is 5.21. The summed E-state index contributed by atoms with van der Waals surface area (Å²) >= 11 is 0. The molecule has 0 aromatic carbocycles. The molecule has 1 atom stereocenters. The number of rotatable bonds is 4. The Balaban J connectivity index is 2.42. The summed E-state index contributed by atoms with van der Waals surface area (Å²) in [5.41, 5.74) is 4.37. The first-order valence-electron chi connectivity index (χ1n) is 6.31. The van der Waals surface area contributed by atoms with E-state index in [1.165, 1.54) is 0 Å². The van der Waals surface area contributed by atoms with Crippen LogP contribution in [0.1, 0.15) is 32.2 Å². The minimum atomic E-state index is -4.49. The summed E-state index contributed by atoms with van der Waals surface area (Å²) < 4.78 is 42.1. The van der Waals surface area contributed by atoms with Gasteiger partial charge in [-0.2, -0.15) is 18.3 Å². The number of nitrogens with two attached hydrogens (primary N) is 1. The molecule has 0 saturated carbocycles. The number of aromatic nitrogens is 2. The van der Waals surface area contributed by atoms with Crippen LogP contribution in [0.4, 0.5) is 18.0 Å². The summed E-state index contributed by atoms with van der Waals surface area (Å²) in [6.07, 6.45) is -4.99. The fourth-order valence-corrected chi connectivity index (χ4v) is 1.49. The average molecular weight is 308 g/mol. The summed E-state index contributed by atoms with van der Waals surface area (Å²) in [6.45, 7) is 5.23. The number of alkyl carbamates (subject to hydrolysis) is 1. The van der Waals surface area contributed by atoms with Crippen LogP contribution >= 0.6 is 0 Å². The Bertz CT molecular complexity index is 480. The van der Waals surface area contributed by atoms with E-state index < -0.39 is 29.6 Å². The van der Waals surface area contributed by atoms with Crippen LogP contribution in [0.15, 0.2) is 6.07 Å². The van der Waals surface area contributed by atoms with Gasteiger partial charge in [0, 0.05) is 24.7 Å². The third-order valence-corrected chi connectivity index (χ3v) is 2.31. The lowest BCUT2D eigenvalue weighted by molar-refractivity contribution is -0.141. The molecule has 6 nitrogen and oxygen atoms in total. The number of ether oxygens (including phenoxy) is 1. The predicted molar refractivity (Wildman–Crippen MR) is 69.5 cm³/mol. The fourth-order valence-electron chi connectivity index (χ4n) is 1.49. The number of H-pyrrole nitrogens is 1. The van der Waals surface area contributed by atoms with E-state index in [0.717, 1.165) is 6.07 Å². The summed E-state index contributed by atoms with van der Waals surface area (Å²) in [4.78, 5) is 11.4. The number of hydrogen-bond acceptors (Lipinski definition) is 4. The first kappa shape index (κ1) is 17.3. The Hall–Kier alpha value is -1.77. The quantitative estimate of drug-likeness (QED) is 0.791. The molecule has 21 heavy (non-hydrogen) atoms. The van der Waals surface area contributed by atoms with Crippen LogP contribution in [0, 0.1) is 0 Å². The third-order valence-electron chi connectivity index (χ3n) is 2.31. The van der Waals surface area contributed by atoms with E-state index in [4.69, 9.17) is 10.5 Å². The first-order valence-corrected chi connectivity index (χ1v) is 6.31. The Morgan fingerprint density at radius 3 is 2.57 bits per heavy atom. The van der Waals surface area contributed by atoms with Crippen LogP contribution in [0.25, 0.3) is 0 Å². The molecule has 0 bridgehead atoms. The molecular weight excluding hydrogens is 289 g/mol. The molecule has 9 heteroatoms. The maximum Gasteiger partial charge on any atom is 0.435 e. The molecule has 4 N–H and O–H groups in total. The molecule has 0 saturated heterocycles. The number of alkyl halides is 3. The smallest absolute Gasteiger partial charge is 0.435 e. The van der Waals surface area contributed by atoms with Crippen molar-refractivity contribution in [2.24, 2.45) is 5.73 Å². The van der Waals surface area contributed by atoms with Crippen molar-refractivity contribution >= 4 is 6.09 Å². The van der Waals surface area contributed by atoms with Crippen LogP contribution < -0.4 is 11.1 Å². The largest absolute Gasteiger partial charge is 0.444 e. The van der Waals surface area contributed by atoms with Gasteiger partial charge in [0.2, 0.25) is 0 Å². The summed E-state index contributed by atoms with van der Waals surface area (Å²) in [6, 6.07) is 0.340. The van der Waals surface area contributed by atoms with E-state index in [1.807, 2.05) is 0 Å².